The lowest BCUT2D eigenvalue weighted by Gasteiger charge is -2.18. The normalized spacial score (nSPS) is 22.7. The van der Waals surface area contributed by atoms with Crippen LogP contribution in [0.3, 0.4) is 0 Å². The number of hydrogen-bond donors (Lipinski definition) is 2. The van der Waals surface area contributed by atoms with Gasteiger partial charge in [-0.2, -0.15) is 0 Å². The fourth-order valence-corrected chi connectivity index (χ4v) is 1.90. The Balaban J connectivity index is 1.94. The zero-order chi connectivity index (χ0) is 10.7. The highest BCUT2D eigenvalue weighted by Gasteiger charge is 2.24. The van der Waals surface area contributed by atoms with E-state index in [9.17, 15) is 4.79 Å². The lowest BCUT2D eigenvalue weighted by Crippen LogP contribution is -2.34. The zero-order valence-electron chi connectivity index (χ0n) is 8.82. The largest absolute Gasteiger partial charge is 0.468 e. The molecule has 0 aliphatic carbocycles. The summed E-state index contributed by atoms with van der Waals surface area (Å²) in [5.74, 6) is 1.07. The molecule has 2 unspecified atom stereocenters. The van der Waals surface area contributed by atoms with Gasteiger partial charge in [-0.05, 0) is 18.6 Å². The third kappa shape index (κ3) is 2.39. The van der Waals surface area contributed by atoms with Crippen molar-refractivity contribution in [3.8, 4) is 0 Å². The van der Waals surface area contributed by atoms with Crippen molar-refractivity contribution < 1.29 is 9.21 Å². The lowest BCUT2D eigenvalue weighted by molar-refractivity contribution is -0.119. The molecule has 2 atom stereocenters. The molecule has 2 heterocycles. The molecule has 0 aromatic carbocycles. The Morgan fingerprint density at radius 2 is 2.60 bits per heavy atom. The predicted molar refractivity (Wildman–Crippen MR) is 56.3 cm³/mol. The van der Waals surface area contributed by atoms with Gasteiger partial charge in [0.05, 0.1) is 12.3 Å². The highest BCUT2D eigenvalue weighted by Crippen LogP contribution is 2.18. The first kappa shape index (κ1) is 10.2. The van der Waals surface area contributed by atoms with Gasteiger partial charge < -0.3 is 15.1 Å². The van der Waals surface area contributed by atoms with E-state index in [4.69, 9.17) is 4.42 Å². The number of rotatable bonds is 4. The van der Waals surface area contributed by atoms with E-state index in [-0.39, 0.29) is 18.0 Å². The third-order valence-electron chi connectivity index (χ3n) is 2.71. The summed E-state index contributed by atoms with van der Waals surface area (Å²) in [4.78, 5) is 11.0. The Kier molecular flexibility index (Phi) is 3.06. The van der Waals surface area contributed by atoms with Crippen LogP contribution in [0, 0.1) is 0 Å². The highest BCUT2D eigenvalue weighted by atomic mass is 16.3. The van der Waals surface area contributed by atoms with Crippen LogP contribution in [-0.4, -0.2) is 18.5 Å². The molecule has 1 amide bonds. The first-order valence-corrected chi connectivity index (χ1v) is 5.35. The molecule has 1 aliphatic rings. The van der Waals surface area contributed by atoms with Gasteiger partial charge in [0, 0.05) is 19.0 Å². The Morgan fingerprint density at radius 1 is 1.73 bits per heavy atom. The van der Waals surface area contributed by atoms with E-state index in [1.165, 1.54) is 0 Å². The van der Waals surface area contributed by atoms with Crippen LogP contribution in [0.1, 0.15) is 31.6 Å². The van der Waals surface area contributed by atoms with Crippen molar-refractivity contribution in [1.82, 2.24) is 10.6 Å². The molecule has 0 bridgehead atoms. The number of carbonyl (C=O) groups is 1. The summed E-state index contributed by atoms with van der Waals surface area (Å²) in [6, 6.07) is 4.29. The van der Waals surface area contributed by atoms with Crippen molar-refractivity contribution >= 4 is 5.91 Å². The fraction of sp³-hybridized carbons (Fsp3) is 0.545. The van der Waals surface area contributed by atoms with E-state index in [0.717, 1.165) is 18.7 Å². The Labute approximate surface area is 89.0 Å². The Morgan fingerprint density at radius 3 is 3.13 bits per heavy atom. The van der Waals surface area contributed by atoms with Gasteiger partial charge in [0.1, 0.15) is 5.76 Å². The van der Waals surface area contributed by atoms with Crippen molar-refractivity contribution in [1.29, 1.82) is 0 Å². The smallest absolute Gasteiger partial charge is 0.221 e. The predicted octanol–water partition coefficient (Wildman–Crippen LogP) is 1.21. The molecule has 0 saturated carbocycles. The topological polar surface area (TPSA) is 54.3 Å². The second-order valence-electron chi connectivity index (χ2n) is 3.85. The van der Waals surface area contributed by atoms with E-state index in [1.807, 2.05) is 12.1 Å². The van der Waals surface area contributed by atoms with Gasteiger partial charge in [0.15, 0.2) is 0 Å². The number of amides is 1. The van der Waals surface area contributed by atoms with Gasteiger partial charge in [-0.25, -0.2) is 0 Å². The number of carbonyl (C=O) groups excluding carboxylic acids is 1. The summed E-state index contributed by atoms with van der Waals surface area (Å²) in [6.45, 7) is 2.82. The molecule has 4 heteroatoms. The van der Waals surface area contributed by atoms with Gasteiger partial charge in [-0.3, -0.25) is 4.79 Å². The lowest BCUT2D eigenvalue weighted by atomic mass is 10.1. The second-order valence-corrected chi connectivity index (χ2v) is 3.85. The summed E-state index contributed by atoms with van der Waals surface area (Å²) in [6.07, 6.45) is 3.20. The van der Waals surface area contributed by atoms with Gasteiger partial charge in [0.2, 0.25) is 5.91 Å². The summed E-state index contributed by atoms with van der Waals surface area (Å²) < 4.78 is 5.36. The maximum Gasteiger partial charge on any atom is 0.221 e. The van der Waals surface area contributed by atoms with Crippen LogP contribution < -0.4 is 10.6 Å². The van der Waals surface area contributed by atoms with Crippen molar-refractivity contribution in [3.05, 3.63) is 24.2 Å². The molecule has 4 nitrogen and oxygen atoms in total. The van der Waals surface area contributed by atoms with Gasteiger partial charge in [-0.1, -0.05) is 6.92 Å². The molecule has 1 aromatic heterocycles. The molecule has 0 spiro atoms. The molecule has 1 aliphatic heterocycles. The molecule has 1 fully saturated rings. The van der Waals surface area contributed by atoms with Gasteiger partial charge in [0.25, 0.3) is 0 Å². The average Bonchev–Trinajstić information content (AvgIpc) is 2.85. The number of furan rings is 1. The minimum atomic E-state index is 0.127. The summed E-state index contributed by atoms with van der Waals surface area (Å²) in [5, 5.41) is 6.23. The van der Waals surface area contributed by atoms with Crippen LogP contribution in [0.15, 0.2) is 22.8 Å². The van der Waals surface area contributed by atoms with Gasteiger partial charge >= 0.3 is 0 Å². The Bertz CT molecular complexity index is 321. The second kappa shape index (κ2) is 4.49. The van der Waals surface area contributed by atoms with Crippen molar-refractivity contribution in [2.24, 2.45) is 0 Å². The van der Waals surface area contributed by atoms with E-state index in [1.54, 1.807) is 6.26 Å². The Hall–Kier alpha value is -1.29. The first-order valence-electron chi connectivity index (χ1n) is 5.35. The quantitative estimate of drug-likeness (QED) is 0.782. The SMILES string of the molecule is CCC(NC1CNC(=O)C1)c1ccco1. The molecule has 2 rings (SSSR count). The minimum absolute atomic E-state index is 0.127. The molecule has 2 N–H and O–H groups in total. The van der Waals surface area contributed by atoms with Crippen LogP contribution in [0.5, 0.6) is 0 Å². The van der Waals surface area contributed by atoms with Crippen LogP contribution >= 0.6 is 0 Å². The minimum Gasteiger partial charge on any atom is -0.468 e. The van der Waals surface area contributed by atoms with Crippen LogP contribution in [0.2, 0.25) is 0 Å². The average molecular weight is 208 g/mol. The van der Waals surface area contributed by atoms with Crippen LogP contribution in [0.4, 0.5) is 0 Å². The van der Waals surface area contributed by atoms with E-state index in [0.29, 0.717) is 6.42 Å². The number of hydrogen-bond acceptors (Lipinski definition) is 3. The van der Waals surface area contributed by atoms with Crippen molar-refractivity contribution in [2.45, 2.75) is 31.8 Å². The van der Waals surface area contributed by atoms with Crippen LogP contribution in [-0.2, 0) is 4.79 Å². The molecular formula is C11H16N2O2. The molecule has 1 aromatic rings. The highest BCUT2D eigenvalue weighted by molar-refractivity contribution is 5.78. The van der Waals surface area contributed by atoms with Crippen LogP contribution in [0.25, 0.3) is 0 Å². The summed E-state index contributed by atoms with van der Waals surface area (Å²) in [7, 11) is 0. The monoisotopic (exact) mass is 208 g/mol. The summed E-state index contributed by atoms with van der Waals surface area (Å²) >= 11 is 0. The standard InChI is InChI=1S/C11H16N2O2/c1-2-9(10-4-3-5-15-10)13-8-6-11(14)12-7-8/h3-5,8-9,13H,2,6-7H2,1H3,(H,12,14). The van der Waals surface area contributed by atoms with Crippen molar-refractivity contribution in [2.75, 3.05) is 6.54 Å². The maximum absolute atomic E-state index is 11.0. The molecule has 0 radical (unpaired) electrons. The summed E-state index contributed by atoms with van der Waals surface area (Å²) in [5.41, 5.74) is 0. The van der Waals surface area contributed by atoms with Gasteiger partial charge in [-0.15, -0.1) is 0 Å². The van der Waals surface area contributed by atoms with E-state index >= 15 is 0 Å². The first-order chi connectivity index (χ1) is 7.29. The molecule has 15 heavy (non-hydrogen) atoms. The molecular weight excluding hydrogens is 192 g/mol. The molecule has 82 valence electrons. The maximum atomic E-state index is 11.0. The van der Waals surface area contributed by atoms with E-state index in [2.05, 4.69) is 17.6 Å². The third-order valence-corrected chi connectivity index (χ3v) is 2.71. The fourth-order valence-electron chi connectivity index (χ4n) is 1.90. The zero-order valence-corrected chi connectivity index (χ0v) is 8.82. The van der Waals surface area contributed by atoms with E-state index < -0.39 is 0 Å². The van der Waals surface area contributed by atoms with Crippen molar-refractivity contribution in [3.63, 3.8) is 0 Å². The number of nitrogens with one attached hydrogen (secondary N) is 2. The molecule has 1 saturated heterocycles.